The second-order valence-corrected chi connectivity index (χ2v) is 8.02. The van der Waals surface area contributed by atoms with Crippen LogP contribution in [0.1, 0.15) is 23.3 Å². The molecule has 0 radical (unpaired) electrons. The third-order valence-electron chi connectivity index (χ3n) is 5.38. The fraction of sp³-hybridized carbons (Fsp3) is 0.217. The number of anilines is 1. The van der Waals surface area contributed by atoms with Gasteiger partial charge in [-0.2, -0.15) is 5.10 Å². The van der Waals surface area contributed by atoms with E-state index in [0.717, 1.165) is 25.1 Å². The summed E-state index contributed by atoms with van der Waals surface area (Å²) in [7, 11) is 0. The Hall–Kier alpha value is -3.65. The molecule has 9 heteroatoms. The Labute approximate surface area is 189 Å². The number of hydrogen-bond donors (Lipinski definition) is 1. The standard InChI is InChI=1S/C23H21ClN6O2/c24-16-6-8-18(9-7-16)30-20(21-5-2-13-32-21)14-19(28-30)22(31)27-17-4-1-12-29(15-17)23-25-10-3-11-26-23/h2-3,5-11,13-14,17H,1,4,12,15H2,(H,27,31). The number of carbonyl (C=O) groups excluding carboxylic acids is 1. The summed E-state index contributed by atoms with van der Waals surface area (Å²) < 4.78 is 7.26. The zero-order chi connectivity index (χ0) is 21.9. The van der Waals surface area contributed by atoms with Gasteiger partial charge in [-0.1, -0.05) is 11.6 Å². The number of halogens is 1. The summed E-state index contributed by atoms with van der Waals surface area (Å²) in [5.74, 6) is 1.07. The molecule has 0 bridgehead atoms. The van der Waals surface area contributed by atoms with Gasteiger partial charge in [0, 0.05) is 42.6 Å². The number of nitrogens with zero attached hydrogens (tertiary/aromatic N) is 5. The van der Waals surface area contributed by atoms with Crippen molar-refractivity contribution in [1.29, 1.82) is 0 Å². The van der Waals surface area contributed by atoms with Crippen molar-refractivity contribution in [2.45, 2.75) is 18.9 Å². The van der Waals surface area contributed by atoms with E-state index < -0.39 is 0 Å². The molecule has 32 heavy (non-hydrogen) atoms. The van der Waals surface area contributed by atoms with E-state index in [1.54, 1.807) is 53.7 Å². The molecular weight excluding hydrogens is 428 g/mol. The summed E-state index contributed by atoms with van der Waals surface area (Å²) in [5.41, 5.74) is 1.79. The van der Waals surface area contributed by atoms with E-state index in [1.165, 1.54) is 0 Å². The highest BCUT2D eigenvalue weighted by Crippen LogP contribution is 2.25. The van der Waals surface area contributed by atoms with Gasteiger partial charge in [-0.05, 0) is 55.3 Å². The molecule has 0 aliphatic carbocycles. The lowest BCUT2D eigenvalue weighted by molar-refractivity contribution is 0.0927. The highest BCUT2D eigenvalue weighted by atomic mass is 35.5. The van der Waals surface area contributed by atoms with Crippen LogP contribution in [0.3, 0.4) is 0 Å². The third kappa shape index (κ3) is 4.22. The van der Waals surface area contributed by atoms with Crippen LogP contribution in [0, 0.1) is 0 Å². The van der Waals surface area contributed by atoms with Crippen molar-refractivity contribution < 1.29 is 9.21 Å². The van der Waals surface area contributed by atoms with Gasteiger partial charge >= 0.3 is 0 Å². The van der Waals surface area contributed by atoms with Crippen molar-refractivity contribution in [2.24, 2.45) is 0 Å². The van der Waals surface area contributed by atoms with Gasteiger partial charge in [0.2, 0.25) is 5.95 Å². The van der Waals surface area contributed by atoms with Gasteiger partial charge in [0.05, 0.1) is 12.0 Å². The molecule has 1 N–H and O–H groups in total. The molecular formula is C23H21ClN6O2. The Morgan fingerprint density at radius 2 is 1.94 bits per heavy atom. The van der Waals surface area contributed by atoms with Gasteiger partial charge in [0.25, 0.3) is 5.91 Å². The maximum Gasteiger partial charge on any atom is 0.272 e. The number of hydrogen-bond acceptors (Lipinski definition) is 6. The molecule has 0 saturated carbocycles. The average Bonchev–Trinajstić information content (AvgIpc) is 3.51. The van der Waals surface area contributed by atoms with Crippen molar-refractivity contribution in [2.75, 3.05) is 18.0 Å². The third-order valence-corrected chi connectivity index (χ3v) is 5.63. The van der Waals surface area contributed by atoms with Crippen LogP contribution in [0.25, 0.3) is 17.1 Å². The molecule has 4 aromatic rings. The number of amides is 1. The lowest BCUT2D eigenvalue weighted by Gasteiger charge is -2.32. The molecule has 4 heterocycles. The maximum absolute atomic E-state index is 13.1. The van der Waals surface area contributed by atoms with Crippen molar-refractivity contribution in [1.82, 2.24) is 25.1 Å². The SMILES string of the molecule is O=C(NC1CCCN(c2ncccn2)C1)c1cc(-c2ccco2)n(-c2ccc(Cl)cc2)n1. The fourth-order valence-electron chi connectivity index (χ4n) is 3.86. The van der Waals surface area contributed by atoms with Crippen LogP contribution in [0.5, 0.6) is 0 Å². The summed E-state index contributed by atoms with van der Waals surface area (Å²) in [6.07, 6.45) is 6.88. The quantitative estimate of drug-likeness (QED) is 0.497. The van der Waals surface area contributed by atoms with Crippen LogP contribution >= 0.6 is 11.6 Å². The van der Waals surface area contributed by atoms with Gasteiger partial charge < -0.3 is 14.6 Å². The normalized spacial score (nSPS) is 16.2. The smallest absolute Gasteiger partial charge is 0.272 e. The molecule has 8 nitrogen and oxygen atoms in total. The maximum atomic E-state index is 13.1. The van der Waals surface area contributed by atoms with Crippen molar-refractivity contribution in [3.63, 3.8) is 0 Å². The predicted molar refractivity (Wildman–Crippen MR) is 121 cm³/mol. The summed E-state index contributed by atoms with van der Waals surface area (Å²) in [6.45, 7) is 1.52. The van der Waals surface area contributed by atoms with Crippen LogP contribution in [0.2, 0.25) is 5.02 Å². The lowest BCUT2D eigenvalue weighted by Crippen LogP contribution is -2.48. The summed E-state index contributed by atoms with van der Waals surface area (Å²) in [6, 6.07) is 14.4. The largest absolute Gasteiger partial charge is 0.463 e. The van der Waals surface area contributed by atoms with E-state index in [4.69, 9.17) is 16.0 Å². The van der Waals surface area contributed by atoms with E-state index in [2.05, 4.69) is 25.3 Å². The number of piperidine rings is 1. The number of benzene rings is 1. The van der Waals surface area contributed by atoms with Gasteiger partial charge in [0.15, 0.2) is 11.5 Å². The molecule has 1 aliphatic rings. The topological polar surface area (TPSA) is 89.1 Å². The first kappa shape index (κ1) is 20.3. The number of carbonyl (C=O) groups is 1. The van der Waals surface area contributed by atoms with Crippen LogP contribution in [-0.2, 0) is 0 Å². The molecule has 1 unspecified atom stereocenters. The van der Waals surface area contributed by atoms with E-state index in [1.807, 2.05) is 18.2 Å². The Balaban J connectivity index is 1.38. The minimum absolute atomic E-state index is 0.0206. The Bertz CT molecular complexity index is 1190. The van der Waals surface area contributed by atoms with Crippen molar-refractivity contribution in [3.8, 4) is 17.1 Å². The summed E-state index contributed by atoms with van der Waals surface area (Å²) >= 11 is 6.03. The number of furan rings is 1. The van der Waals surface area contributed by atoms with E-state index in [-0.39, 0.29) is 11.9 Å². The Morgan fingerprint density at radius 3 is 2.69 bits per heavy atom. The van der Waals surface area contributed by atoms with E-state index in [9.17, 15) is 4.79 Å². The molecule has 1 amide bonds. The average molecular weight is 449 g/mol. The molecule has 1 aliphatic heterocycles. The Kier molecular flexibility index (Phi) is 5.60. The molecule has 3 aromatic heterocycles. The Morgan fingerprint density at radius 1 is 1.12 bits per heavy atom. The molecule has 0 spiro atoms. The molecule has 1 saturated heterocycles. The summed E-state index contributed by atoms with van der Waals surface area (Å²) in [5, 5.41) is 8.32. The number of aromatic nitrogens is 4. The molecule has 5 rings (SSSR count). The predicted octanol–water partition coefficient (Wildman–Crippen LogP) is 3.97. The molecule has 1 atom stereocenters. The monoisotopic (exact) mass is 448 g/mol. The van der Waals surface area contributed by atoms with E-state index in [0.29, 0.717) is 34.7 Å². The number of nitrogens with one attached hydrogen (secondary N) is 1. The first-order valence-electron chi connectivity index (χ1n) is 10.4. The minimum atomic E-state index is -0.230. The van der Waals surface area contributed by atoms with Gasteiger partial charge in [-0.25, -0.2) is 14.6 Å². The second kappa shape index (κ2) is 8.84. The lowest BCUT2D eigenvalue weighted by atomic mass is 10.1. The van der Waals surface area contributed by atoms with Crippen LogP contribution in [0.4, 0.5) is 5.95 Å². The number of rotatable bonds is 5. The first-order chi connectivity index (χ1) is 15.7. The minimum Gasteiger partial charge on any atom is -0.463 e. The van der Waals surface area contributed by atoms with Gasteiger partial charge in [-0.15, -0.1) is 0 Å². The zero-order valence-electron chi connectivity index (χ0n) is 17.2. The van der Waals surface area contributed by atoms with Crippen LogP contribution in [0.15, 0.2) is 71.6 Å². The van der Waals surface area contributed by atoms with Crippen LogP contribution in [-0.4, -0.2) is 44.8 Å². The molecule has 162 valence electrons. The zero-order valence-corrected chi connectivity index (χ0v) is 17.9. The fourth-order valence-corrected chi connectivity index (χ4v) is 3.99. The molecule has 1 fully saturated rings. The van der Waals surface area contributed by atoms with Crippen molar-refractivity contribution in [3.05, 3.63) is 77.9 Å². The highest BCUT2D eigenvalue weighted by molar-refractivity contribution is 6.30. The van der Waals surface area contributed by atoms with E-state index >= 15 is 0 Å². The van der Waals surface area contributed by atoms with Crippen LogP contribution < -0.4 is 10.2 Å². The van der Waals surface area contributed by atoms with Gasteiger partial charge in [0.1, 0.15) is 5.69 Å². The first-order valence-corrected chi connectivity index (χ1v) is 10.8. The summed E-state index contributed by atoms with van der Waals surface area (Å²) in [4.78, 5) is 23.8. The highest BCUT2D eigenvalue weighted by Gasteiger charge is 2.25. The van der Waals surface area contributed by atoms with Crippen molar-refractivity contribution >= 4 is 23.5 Å². The second-order valence-electron chi connectivity index (χ2n) is 7.59. The molecule has 1 aromatic carbocycles. The van der Waals surface area contributed by atoms with Gasteiger partial charge in [-0.3, -0.25) is 4.79 Å².